The van der Waals surface area contributed by atoms with Gasteiger partial charge in [-0.3, -0.25) is 14.6 Å². The number of ketones is 1. The zero-order chi connectivity index (χ0) is 25.3. The predicted octanol–water partition coefficient (Wildman–Crippen LogP) is 4.30. The third-order valence-corrected chi connectivity index (χ3v) is 9.07. The molecule has 0 spiro atoms. The van der Waals surface area contributed by atoms with Crippen molar-refractivity contribution in [1.29, 1.82) is 0 Å². The van der Waals surface area contributed by atoms with E-state index in [2.05, 4.69) is 31.8 Å². The molecule has 0 radical (unpaired) electrons. The van der Waals surface area contributed by atoms with Crippen molar-refractivity contribution in [3.05, 3.63) is 41.7 Å². The van der Waals surface area contributed by atoms with E-state index in [0.29, 0.717) is 23.0 Å². The number of pyridine rings is 1. The topological polar surface area (TPSA) is 95.1 Å². The Balaban J connectivity index is 1.57. The van der Waals surface area contributed by atoms with Crippen LogP contribution in [0.15, 0.2) is 36.2 Å². The Labute approximate surface area is 206 Å². The number of hydrogen-bond donors (Lipinski definition) is 0. The summed E-state index contributed by atoms with van der Waals surface area (Å²) in [5.74, 6) is -1.25. The van der Waals surface area contributed by atoms with E-state index in [0.717, 1.165) is 12.8 Å². The highest BCUT2D eigenvalue weighted by molar-refractivity contribution is 6.03. The largest absolute Gasteiger partial charge is 0.458 e. The van der Waals surface area contributed by atoms with Crippen LogP contribution in [-0.4, -0.2) is 46.1 Å². The van der Waals surface area contributed by atoms with E-state index < -0.39 is 35.2 Å². The van der Waals surface area contributed by atoms with Crippen molar-refractivity contribution < 1.29 is 28.6 Å². The van der Waals surface area contributed by atoms with Crippen molar-refractivity contribution in [2.45, 2.75) is 84.2 Å². The first-order valence-corrected chi connectivity index (χ1v) is 12.6. The molecule has 8 atom stereocenters. The lowest BCUT2D eigenvalue weighted by molar-refractivity contribution is -0.171. The molecule has 2 heterocycles. The molecule has 3 fully saturated rings. The fourth-order valence-electron chi connectivity index (χ4n) is 6.99. The number of allylic oxidation sites excluding steroid dienone is 1. The summed E-state index contributed by atoms with van der Waals surface area (Å²) in [4.78, 5) is 43.6. The zero-order valence-electron chi connectivity index (χ0n) is 21.4. The third-order valence-electron chi connectivity index (χ3n) is 9.07. The predicted molar refractivity (Wildman–Crippen MR) is 127 cm³/mol. The molecule has 7 heteroatoms. The van der Waals surface area contributed by atoms with Gasteiger partial charge in [0.1, 0.15) is 6.10 Å². The standard InChI is InChI=1S/C28H35NO6/c1-15-12-20-19(26(20,4)5)9-10-27(6)24(35-27)21-22(33-25(32)18-8-7-11-29-14-18)16(2)13-28(21,23(15)31)34-17(3)30/h7-8,11-12,14,16,19-22,24H,9-10,13H2,1-6H3/b15-12+/t16-,19-,20+,21+,22-,24+,27-,28+/m0/s1. The first-order valence-electron chi connectivity index (χ1n) is 12.6. The molecule has 1 aromatic rings. The second-order valence-corrected chi connectivity index (χ2v) is 11.8. The van der Waals surface area contributed by atoms with E-state index in [-0.39, 0.29) is 29.6 Å². The van der Waals surface area contributed by atoms with Crippen LogP contribution >= 0.6 is 0 Å². The summed E-state index contributed by atoms with van der Waals surface area (Å²) >= 11 is 0. The van der Waals surface area contributed by atoms with Crippen molar-refractivity contribution in [3.63, 3.8) is 0 Å². The van der Waals surface area contributed by atoms with Gasteiger partial charge >= 0.3 is 11.9 Å². The molecule has 0 amide bonds. The number of epoxide rings is 1. The van der Waals surface area contributed by atoms with E-state index in [1.807, 2.05) is 13.8 Å². The first kappa shape index (κ1) is 24.2. The van der Waals surface area contributed by atoms with Crippen LogP contribution in [-0.2, 0) is 23.8 Å². The van der Waals surface area contributed by atoms with Gasteiger partial charge in [-0.15, -0.1) is 0 Å². The molecular formula is C28H35NO6. The molecule has 5 rings (SSSR count). The number of aromatic nitrogens is 1. The summed E-state index contributed by atoms with van der Waals surface area (Å²) in [6.45, 7) is 11.6. The summed E-state index contributed by atoms with van der Waals surface area (Å²) in [7, 11) is 0. The first-order chi connectivity index (χ1) is 16.4. The average molecular weight is 482 g/mol. The molecule has 35 heavy (non-hydrogen) atoms. The lowest BCUT2D eigenvalue weighted by Gasteiger charge is -2.35. The summed E-state index contributed by atoms with van der Waals surface area (Å²) in [5, 5.41) is 0. The van der Waals surface area contributed by atoms with Crippen molar-refractivity contribution in [2.75, 3.05) is 0 Å². The Morgan fingerprint density at radius 3 is 2.63 bits per heavy atom. The maximum absolute atomic E-state index is 14.2. The minimum Gasteiger partial charge on any atom is -0.458 e. The summed E-state index contributed by atoms with van der Waals surface area (Å²) in [6, 6.07) is 3.33. The smallest absolute Gasteiger partial charge is 0.339 e. The molecule has 4 aliphatic rings. The molecule has 7 nitrogen and oxygen atoms in total. The number of fused-ring (bicyclic) bond motifs is 4. The molecule has 188 valence electrons. The summed E-state index contributed by atoms with van der Waals surface area (Å²) < 4.78 is 18.3. The highest BCUT2D eigenvalue weighted by atomic mass is 16.6. The van der Waals surface area contributed by atoms with Crippen LogP contribution in [0.3, 0.4) is 0 Å². The van der Waals surface area contributed by atoms with Crippen LogP contribution in [0.5, 0.6) is 0 Å². The minimum absolute atomic E-state index is 0.125. The number of hydrogen-bond acceptors (Lipinski definition) is 7. The maximum Gasteiger partial charge on any atom is 0.339 e. The van der Waals surface area contributed by atoms with Gasteiger partial charge in [0.15, 0.2) is 5.60 Å². The quantitative estimate of drug-likeness (QED) is 0.469. The second kappa shape index (κ2) is 7.99. The Morgan fingerprint density at radius 2 is 1.97 bits per heavy atom. The minimum atomic E-state index is -1.44. The Hall–Kier alpha value is -2.54. The second-order valence-electron chi connectivity index (χ2n) is 11.8. The number of rotatable bonds is 3. The lowest BCUT2D eigenvalue weighted by atomic mass is 9.77. The number of esters is 2. The van der Waals surface area contributed by atoms with Crippen molar-refractivity contribution >= 4 is 17.7 Å². The van der Waals surface area contributed by atoms with Gasteiger partial charge < -0.3 is 14.2 Å². The molecule has 0 unspecified atom stereocenters. The van der Waals surface area contributed by atoms with Crippen LogP contribution in [0, 0.1) is 29.1 Å². The molecule has 2 saturated carbocycles. The van der Waals surface area contributed by atoms with Crippen LogP contribution in [0.2, 0.25) is 0 Å². The Kier molecular flexibility index (Phi) is 5.51. The molecular weight excluding hydrogens is 446 g/mol. The van der Waals surface area contributed by atoms with E-state index in [4.69, 9.17) is 14.2 Å². The van der Waals surface area contributed by atoms with Crippen molar-refractivity contribution in [2.24, 2.45) is 29.1 Å². The Morgan fingerprint density at radius 1 is 1.23 bits per heavy atom. The van der Waals surface area contributed by atoms with E-state index in [1.54, 1.807) is 18.3 Å². The third kappa shape index (κ3) is 3.83. The SMILES string of the molecule is CC(=O)O[C@]12C[C@H](C)[C@H](OC(=O)c3cccnc3)[C@@H]1[C@H]1O[C@@]1(C)CC[C@H]1[C@@H](/C=C(\C)C2=O)C1(C)C. The van der Waals surface area contributed by atoms with Gasteiger partial charge in [0.2, 0.25) is 5.78 Å². The van der Waals surface area contributed by atoms with E-state index >= 15 is 0 Å². The van der Waals surface area contributed by atoms with E-state index in [1.165, 1.54) is 13.1 Å². The maximum atomic E-state index is 14.2. The van der Waals surface area contributed by atoms with Crippen LogP contribution in [0.4, 0.5) is 0 Å². The fraction of sp³-hybridized carbons (Fsp3) is 0.643. The van der Waals surface area contributed by atoms with Gasteiger partial charge in [-0.1, -0.05) is 26.8 Å². The van der Waals surface area contributed by atoms with Crippen molar-refractivity contribution in [1.82, 2.24) is 4.98 Å². The Bertz CT molecular complexity index is 1100. The van der Waals surface area contributed by atoms with Crippen LogP contribution in [0.1, 0.15) is 71.2 Å². The molecule has 0 bridgehead atoms. The van der Waals surface area contributed by atoms with Crippen LogP contribution in [0.25, 0.3) is 0 Å². The molecule has 0 aromatic carbocycles. The fourth-order valence-corrected chi connectivity index (χ4v) is 6.99. The highest BCUT2D eigenvalue weighted by Gasteiger charge is 2.72. The number of nitrogens with zero attached hydrogens (tertiary/aromatic N) is 1. The van der Waals surface area contributed by atoms with Gasteiger partial charge in [0, 0.05) is 25.7 Å². The number of carbonyl (C=O) groups excluding carboxylic acids is 3. The molecule has 1 saturated heterocycles. The number of ether oxygens (including phenoxy) is 3. The van der Waals surface area contributed by atoms with Gasteiger partial charge in [-0.25, -0.2) is 4.79 Å². The summed E-state index contributed by atoms with van der Waals surface area (Å²) in [5.41, 5.74) is -0.827. The lowest BCUT2D eigenvalue weighted by Crippen LogP contribution is -2.52. The molecule has 1 aliphatic heterocycles. The average Bonchev–Trinajstić information content (AvgIpc) is 3.56. The zero-order valence-corrected chi connectivity index (χ0v) is 21.4. The number of Topliss-reactive ketones (excluding diaryl/α,β-unsaturated/α-hetero) is 1. The van der Waals surface area contributed by atoms with Gasteiger partial charge in [0.25, 0.3) is 0 Å². The molecule has 0 N–H and O–H groups in total. The molecule has 3 aliphatic carbocycles. The van der Waals surface area contributed by atoms with Crippen LogP contribution < -0.4 is 0 Å². The monoisotopic (exact) mass is 481 g/mol. The summed E-state index contributed by atoms with van der Waals surface area (Å²) in [6.07, 6.45) is 6.25. The van der Waals surface area contributed by atoms with Gasteiger partial charge in [0.05, 0.1) is 23.2 Å². The number of carbonyl (C=O) groups is 3. The molecule has 1 aromatic heterocycles. The normalized spacial score (nSPS) is 42.8. The van der Waals surface area contributed by atoms with Crippen molar-refractivity contribution in [3.8, 4) is 0 Å². The van der Waals surface area contributed by atoms with E-state index in [9.17, 15) is 14.4 Å². The van der Waals surface area contributed by atoms with Gasteiger partial charge in [-0.2, -0.15) is 0 Å². The highest BCUT2D eigenvalue weighted by Crippen LogP contribution is 2.64. The van der Waals surface area contributed by atoms with Gasteiger partial charge in [-0.05, 0) is 67.6 Å².